The lowest BCUT2D eigenvalue weighted by atomic mass is 10.2. The highest BCUT2D eigenvalue weighted by Gasteiger charge is 2.19. The van der Waals surface area contributed by atoms with Crippen LogP contribution in [-0.4, -0.2) is 28.5 Å². The Morgan fingerprint density at radius 3 is 2.29 bits per heavy atom. The third-order valence-electron chi connectivity index (χ3n) is 4.22. The van der Waals surface area contributed by atoms with Crippen LogP contribution >= 0.6 is 23.2 Å². The van der Waals surface area contributed by atoms with Gasteiger partial charge in [-0.2, -0.15) is 0 Å². The average molecular weight is 481 g/mol. The van der Waals surface area contributed by atoms with E-state index in [0.717, 1.165) is 0 Å². The lowest BCUT2D eigenvalue weighted by Gasteiger charge is -2.13. The molecule has 31 heavy (non-hydrogen) atoms. The summed E-state index contributed by atoms with van der Waals surface area (Å²) in [5.74, 6) is 0.271. The van der Waals surface area contributed by atoms with E-state index in [9.17, 15) is 13.2 Å². The number of anilines is 2. The van der Waals surface area contributed by atoms with Gasteiger partial charge in [-0.05, 0) is 54.6 Å². The summed E-state index contributed by atoms with van der Waals surface area (Å²) < 4.78 is 38.4. The molecule has 0 unspecified atom stereocenters. The number of halogens is 2. The zero-order valence-corrected chi connectivity index (χ0v) is 18.8. The van der Waals surface area contributed by atoms with E-state index in [1.54, 1.807) is 24.3 Å². The first-order valence-corrected chi connectivity index (χ1v) is 11.1. The average Bonchev–Trinajstić information content (AvgIpc) is 2.74. The molecule has 0 saturated carbocycles. The van der Waals surface area contributed by atoms with Crippen LogP contribution in [-0.2, 0) is 10.0 Å². The second kappa shape index (κ2) is 9.47. The number of amides is 1. The molecule has 0 aliphatic heterocycles. The summed E-state index contributed by atoms with van der Waals surface area (Å²) in [6.45, 7) is 0. The molecule has 1 amide bonds. The smallest absolute Gasteiger partial charge is 0.262 e. The van der Waals surface area contributed by atoms with Crippen molar-refractivity contribution >= 4 is 50.5 Å². The Morgan fingerprint density at radius 1 is 0.903 bits per heavy atom. The molecular weight excluding hydrogens is 463 g/mol. The molecule has 162 valence electrons. The quantitative estimate of drug-likeness (QED) is 0.492. The summed E-state index contributed by atoms with van der Waals surface area (Å²) in [5, 5.41) is 3.34. The highest BCUT2D eigenvalue weighted by Crippen LogP contribution is 2.30. The van der Waals surface area contributed by atoms with Crippen LogP contribution in [0.15, 0.2) is 65.6 Å². The Balaban J connectivity index is 1.84. The van der Waals surface area contributed by atoms with Crippen molar-refractivity contribution in [1.29, 1.82) is 0 Å². The van der Waals surface area contributed by atoms with Gasteiger partial charge in [-0.25, -0.2) is 8.42 Å². The summed E-state index contributed by atoms with van der Waals surface area (Å²) >= 11 is 12.0. The van der Waals surface area contributed by atoms with Gasteiger partial charge >= 0.3 is 0 Å². The molecule has 0 aromatic heterocycles. The van der Waals surface area contributed by atoms with Crippen molar-refractivity contribution in [3.8, 4) is 11.5 Å². The number of sulfonamides is 1. The third-order valence-corrected chi connectivity index (χ3v) is 6.12. The Kier molecular flexibility index (Phi) is 6.94. The minimum atomic E-state index is -4.01. The summed E-state index contributed by atoms with van der Waals surface area (Å²) in [7, 11) is -1.11. The minimum absolute atomic E-state index is 0.102. The molecule has 10 heteroatoms. The Hall–Kier alpha value is -2.94. The number of rotatable bonds is 7. The van der Waals surface area contributed by atoms with E-state index in [1.165, 1.54) is 50.6 Å². The Morgan fingerprint density at radius 2 is 1.61 bits per heavy atom. The topological polar surface area (TPSA) is 93.7 Å². The number of carbonyl (C=O) groups is 1. The van der Waals surface area contributed by atoms with Crippen molar-refractivity contribution in [3.05, 3.63) is 76.3 Å². The van der Waals surface area contributed by atoms with E-state index in [0.29, 0.717) is 27.2 Å². The van der Waals surface area contributed by atoms with Crippen molar-refractivity contribution in [3.63, 3.8) is 0 Å². The number of methoxy groups -OCH3 is 2. The molecule has 0 saturated heterocycles. The third kappa shape index (κ3) is 5.41. The summed E-state index contributed by atoms with van der Waals surface area (Å²) in [6, 6.07) is 14.9. The van der Waals surface area contributed by atoms with Gasteiger partial charge in [0.2, 0.25) is 0 Å². The zero-order chi connectivity index (χ0) is 22.6. The Labute approximate surface area is 189 Å². The predicted octanol–water partition coefficient (Wildman–Crippen LogP) is 5.06. The number of carbonyl (C=O) groups excluding carboxylic acids is 1. The van der Waals surface area contributed by atoms with Crippen LogP contribution in [0.4, 0.5) is 11.4 Å². The summed E-state index contributed by atoms with van der Waals surface area (Å²) in [5.41, 5.74) is 0.761. The van der Waals surface area contributed by atoms with E-state index in [-0.39, 0.29) is 16.1 Å². The number of nitrogens with one attached hydrogen (secondary N) is 2. The van der Waals surface area contributed by atoms with Crippen LogP contribution in [0.2, 0.25) is 10.0 Å². The molecule has 0 aliphatic carbocycles. The van der Waals surface area contributed by atoms with Gasteiger partial charge in [-0.15, -0.1) is 0 Å². The van der Waals surface area contributed by atoms with Crippen molar-refractivity contribution < 1.29 is 22.7 Å². The Bertz CT molecular complexity index is 1230. The van der Waals surface area contributed by atoms with E-state index in [1.807, 2.05) is 0 Å². The van der Waals surface area contributed by atoms with Crippen molar-refractivity contribution in [2.45, 2.75) is 4.90 Å². The second-order valence-electron chi connectivity index (χ2n) is 6.28. The number of benzene rings is 3. The van der Waals surface area contributed by atoms with Crippen molar-refractivity contribution in [2.24, 2.45) is 0 Å². The van der Waals surface area contributed by atoms with Crippen molar-refractivity contribution in [1.82, 2.24) is 0 Å². The summed E-state index contributed by atoms with van der Waals surface area (Å²) in [6.07, 6.45) is 0. The molecule has 0 fully saturated rings. The van der Waals surface area contributed by atoms with Crippen LogP contribution in [0.25, 0.3) is 0 Å². The van der Waals surface area contributed by atoms with E-state index in [2.05, 4.69) is 10.0 Å². The van der Waals surface area contributed by atoms with Crippen molar-refractivity contribution in [2.75, 3.05) is 24.3 Å². The predicted molar refractivity (Wildman–Crippen MR) is 121 cm³/mol. The molecule has 7 nitrogen and oxygen atoms in total. The van der Waals surface area contributed by atoms with Gasteiger partial charge in [-0.3, -0.25) is 9.52 Å². The lowest BCUT2D eigenvalue weighted by molar-refractivity contribution is 0.102. The van der Waals surface area contributed by atoms with Gasteiger partial charge < -0.3 is 14.8 Å². The SMILES string of the molecule is COc1ccc(NC(=O)c2cccc(S(=O)(=O)Nc3cc(Cl)ccc3OC)c2)cc1Cl. The molecule has 3 aromatic rings. The van der Waals surface area contributed by atoms with E-state index < -0.39 is 15.9 Å². The maximum atomic E-state index is 12.9. The molecule has 0 aliphatic rings. The first-order valence-electron chi connectivity index (χ1n) is 8.85. The number of hydrogen-bond acceptors (Lipinski definition) is 5. The van der Waals surface area contributed by atoms with Gasteiger partial charge in [0.05, 0.1) is 29.8 Å². The monoisotopic (exact) mass is 480 g/mol. The first-order chi connectivity index (χ1) is 14.7. The molecule has 3 aromatic carbocycles. The molecule has 2 N–H and O–H groups in total. The normalized spacial score (nSPS) is 11.0. The summed E-state index contributed by atoms with van der Waals surface area (Å²) in [4.78, 5) is 12.5. The molecule has 3 rings (SSSR count). The van der Waals surface area contributed by atoms with Crippen LogP contribution < -0.4 is 19.5 Å². The zero-order valence-electron chi connectivity index (χ0n) is 16.5. The fourth-order valence-corrected chi connectivity index (χ4v) is 4.25. The first kappa shape index (κ1) is 22.7. The van der Waals surface area contributed by atoms with E-state index >= 15 is 0 Å². The van der Waals surface area contributed by atoms with Crippen LogP contribution in [0.1, 0.15) is 10.4 Å². The van der Waals surface area contributed by atoms with Gasteiger partial charge in [-0.1, -0.05) is 29.3 Å². The molecule has 0 atom stereocenters. The molecule has 0 bridgehead atoms. The molecule has 0 spiro atoms. The fraction of sp³-hybridized carbons (Fsp3) is 0.0952. The van der Waals surface area contributed by atoms with Crippen LogP contribution in [0.5, 0.6) is 11.5 Å². The lowest BCUT2D eigenvalue weighted by Crippen LogP contribution is -2.16. The van der Waals surface area contributed by atoms with Crippen LogP contribution in [0.3, 0.4) is 0 Å². The van der Waals surface area contributed by atoms with Crippen LogP contribution in [0, 0.1) is 0 Å². The fourth-order valence-electron chi connectivity index (χ4n) is 2.72. The maximum Gasteiger partial charge on any atom is 0.262 e. The largest absolute Gasteiger partial charge is 0.495 e. The standard InChI is InChI=1S/C21H18Cl2N2O5S/c1-29-19-9-7-15(12-17(19)23)24-21(26)13-4-3-5-16(10-13)31(27,28)25-18-11-14(22)6-8-20(18)30-2/h3-12,25H,1-2H3,(H,24,26). The number of ether oxygens (including phenoxy) is 2. The van der Waals surface area contributed by atoms with E-state index in [4.69, 9.17) is 32.7 Å². The van der Waals surface area contributed by atoms with Gasteiger partial charge in [0, 0.05) is 16.3 Å². The molecule has 0 heterocycles. The van der Waals surface area contributed by atoms with Gasteiger partial charge in [0.25, 0.3) is 15.9 Å². The number of hydrogen-bond donors (Lipinski definition) is 2. The molecular formula is C21H18Cl2N2O5S. The van der Waals surface area contributed by atoms with Gasteiger partial charge in [0.1, 0.15) is 11.5 Å². The minimum Gasteiger partial charge on any atom is -0.495 e. The highest BCUT2D eigenvalue weighted by atomic mass is 35.5. The highest BCUT2D eigenvalue weighted by molar-refractivity contribution is 7.92. The second-order valence-corrected chi connectivity index (χ2v) is 8.81. The molecule has 0 radical (unpaired) electrons. The van der Waals surface area contributed by atoms with Gasteiger partial charge in [0.15, 0.2) is 0 Å². The maximum absolute atomic E-state index is 12.9.